The number of aliphatic hydroxyl groups excluding tert-OH is 1. The van der Waals surface area contributed by atoms with Gasteiger partial charge in [-0.05, 0) is 29.7 Å². The molecule has 0 saturated heterocycles. The first-order valence-corrected chi connectivity index (χ1v) is 8.19. The third kappa shape index (κ3) is 3.49. The maximum atomic E-state index is 12.6. The number of hydrogen-bond acceptors (Lipinski definition) is 4. The first-order valence-electron chi connectivity index (χ1n) is 8.19. The Kier molecular flexibility index (Phi) is 4.84. The minimum atomic E-state index is -0.688. The van der Waals surface area contributed by atoms with Crippen LogP contribution in [0.4, 0.5) is 5.69 Å². The van der Waals surface area contributed by atoms with E-state index in [4.69, 9.17) is 0 Å². The molecular formula is C20H18N2O4. The topological polar surface area (TPSA) is 86.7 Å². The lowest BCUT2D eigenvalue weighted by Crippen LogP contribution is -2.33. The van der Waals surface area contributed by atoms with Crippen molar-refractivity contribution in [1.82, 2.24) is 4.90 Å². The van der Waals surface area contributed by atoms with Gasteiger partial charge < -0.3 is 10.4 Å². The van der Waals surface area contributed by atoms with Gasteiger partial charge in [0.2, 0.25) is 5.91 Å². The van der Waals surface area contributed by atoms with Gasteiger partial charge in [-0.1, -0.05) is 42.5 Å². The Labute approximate surface area is 150 Å². The highest BCUT2D eigenvalue weighted by atomic mass is 16.3. The van der Waals surface area contributed by atoms with Gasteiger partial charge in [0.1, 0.15) is 0 Å². The molecular weight excluding hydrogens is 332 g/mol. The van der Waals surface area contributed by atoms with Crippen molar-refractivity contribution in [3.63, 3.8) is 0 Å². The highest BCUT2D eigenvalue weighted by Crippen LogP contribution is 2.29. The van der Waals surface area contributed by atoms with Gasteiger partial charge in [-0.15, -0.1) is 0 Å². The monoisotopic (exact) mass is 350 g/mol. The van der Waals surface area contributed by atoms with Crippen LogP contribution in [0.3, 0.4) is 0 Å². The quantitative estimate of drug-likeness (QED) is 0.811. The zero-order valence-corrected chi connectivity index (χ0v) is 14.2. The van der Waals surface area contributed by atoms with Gasteiger partial charge in [-0.3, -0.25) is 19.3 Å². The second kappa shape index (κ2) is 7.23. The molecule has 132 valence electrons. The summed E-state index contributed by atoms with van der Waals surface area (Å²) in [6.45, 7) is 1.59. The largest absolute Gasteiger partial charge is 0.502 e. The number of anilines is 1. The molecule has 0 radical (unpaired) electrons. The lowest BCUT2D eigenvalue weighted by molar-refractivity contribution is -0.138. The van der Waals surface area contributed by atoms with E-state index >= 15 is 0 Å². The Balaban J connectivity index is 1.77. The Bertz CT molecular complexity index is 886. The molecule has 0 fully saturated rings. The van der Waals surface area contributed by atoms with Crippen molar-refractivity contribution in [3.05, 3.63) is 71.5 Å². The molecule has 0 bridgehead atoms. The van der Waals surface area contributed by atoms with Gasteiger partial charge in [0, 0.05) is 19.2 Å². The summed E-state index contributed by atoms with van der Waals surface area (Å²) >= 11 is 0. The summed E-state index contributed by atoms with van der Waals surface area (Å²) in [6, 6.07) is 15.9. The van der Waals surface area contributed by atoms with Crippen molar-refractivity contribution in [3.8, 4) is 0 Å². The molecule has 0 unspecified atom stereocenters. The lowest BCUT2D eigenvalue weighted by atomic mass is 10.0. The second-order valence-corrected chi connectivity index (χ2v) is 5.98. The fourth-order valence-corrected chi connectivity index (χ4v) is 2.84. The van der Waals surface area contributed by atoms with Gasteiger partial charge in [-0.25, -0.2) is 0 Å². The van der Waals surface area contributed by atoms with Crippen LogP contribution < -0.4 is 5.32 Å². The fraction of sp³-hybridized carbons (Fsp3) is 0.150. The third-order valence-electron chi connectivity index (χ3n) is 4.10. The normalized spacial score (nSPS) is 14.1. The number of carbonyl (C=O) groups excluding carboxylic acids is 3. The maximum absolute atomic E-state index is 12.6. The number of imide groups is 1. The number of hydrogen-bond donors (Lipinski definition) is 2. The van der Waals surface area contributed by atoms with Gasteiger partial charge in [0.25, 0.3) is 11.8 Å². The lowest BCUT2D eigenvalue weighted by Gasteiger charge is -2.14. The first kappa shape index (κ1) is 17.4. The summed E-state index contributed by atoms with van der Waals surface area (Å²) in [6.07, 6.45) is 0.514. The van der Waals surface area contributed by atoms with E-state index < -0.39 is 17.6 Å². The highest BCUT2D eigenvalue weighted by Gasteiger charge is 2.38. The van der Waals surface area contributed by atoms with Crippen LogP contribution in [-0.4, -0.2) is 34.3 Å². The Morgan fingerprint density at radius 1 is 1.00 bits per heavy atom. The summed E-state index contributed by atoms with van der Waals surface area (Å²) in [5, 5.41) is 12.8. The maximum Gasteiger partial charge on any atom is 0.296 e. The minimum Gasteiger partial charge on any atom is -0.502 e. The van der Waals surface area contributed by atoms with Crippen LogP contribution in [0.25, 0.3) is 5.57 Å². The van der Waals surface area contributed by atoms with Gasteiger partial charge >= 0.3 is 0 Å². The van der Waals surface area contributed by atoms with E-state index in [1.807, 2.05) is 30.3 Å². The molecule has 2 aromatic rings. The van der Waals surface area contributed by atoms with E-state index in [-0.39, 0.29) is 18.0 Å². The molecule has 0 saturated carbocycles. The van der Waals surface area contributed by atoms with Gasteiger partial charge in [0.15, 0.2) is 5.76 Å². The SMILES string of the molecule is CC(=O)Nc1ccc(C2=C(O)C(=O)N(CCc3ccccc3)C2=O)cc1. The van der Waals surface area contributed by atoms with Crippen LogP contribution in [0.5, 0.6) is 0 Å². The van der Waals surface area contributed by atoms with Crippen LogP contribution >= 0.6 is 0 Å². The van der Waals surface area contributed by atoms with Crippen LogP contribution in [0, 0.1) is 0 Å². The molecule has 6 nitrogen and oxygen atoms in total. The Morgan fingerprint density at radius 3 is 2.27 bits per heavy atom. The van der Waals surface area contributed by atoms with Crippen molar-refractivity contribution >= 4 is 29.0 Å². The fourth-order valence-electron chi connectivity index (χ4n) is 2.84. The number of nitrogens with one attached hydrogen (secondary N) is 1. The van der Waals surface area contributed by atoms with E-state index in [1.165, 1.54) is 6.92 Å². The first-order chi connectivity index (χ1) is 12.5. The van der Waals surface area contributed by atoms with Crippen molar-refractivity contribution < 1.29 is 19.5 Å². The molecule has 1 aliphatic rings. The number of benzene rings is 2. The number of rotatable bonds is 5. The van der Waals surface area contributed by atoms with Crippen molar-refractivity contribution in [1.29, 1.82) is 0 Å². The minimum absolute atomic E-state index is 0.0163. The summed E-state index contributed by atoms with van der Waals surface area (Å²) in [4.78, 5) is 37.0. The average molecular weight is 350 g/mol. The highest BCUT2D eigenvalue weighted by molar-refractivity contribution is 6.34. The average Bonchev–Trinajstić information content (AvgIpc) is 2.84. The van der Waals surface area contributed by atoms with E-state index in [9.17, 15) is 19.5 Å². The predicted molar refractivity (Wildman–Crippen MR) is 97.2 cm³/mol. The van der Waals surface area contributed by atoms with E-state index in [0.29, 0.717) is 17.7 Å². The molecule has 1 heterocycles. The molecule has 3 rings (SSSR count). The molecule has 0 atom stereocenters. The third-order valence-corrected chi connectivity index (χ3v) is 4.10. The molecule has 0 spiro atoms. The number of aliphatic hydroxyl groups is 1. The smallest absolute Gasteiger partial charge is 0.296 e. The van der Waals surface area contributed by atoms with Crippen molar-refractivity contribution in [2.24, 2.45) is 0 Å². The molecule has 6 heteroatoms. The predicted octanol–water partition coefficient (Wildman–Crippen LogP) is 2.53. The zero-order chi connectivity index (χ0) is 18.7. The number of carbonyl (C=O) groups is 3. The van der Waals surface area contributed by atoms with Gasteiger partial charge in [-0.2, -0.15) is 0 Å². The summed E-state index contributed by atoms with van der Waals surface area (Å²) in [7, 11) is 0. The van der Waals surface area contributed by atoms with Crippen LogP contribution in [-0.2, 0) is 20.8 Å². The van der Waals surface area contributed by atoms with E-state index in [1.54, 1.807) is 24.3 Å². The number of nitrogens with zero attached hydrogens (tertiary/aromatic N) is 1. The molecule has 0 aromatic heterocycles. The molecule has 0 aliphatic carbocycles. The molecule has 2 N–H and O–H groups in total. The van der Waals surface area contributed by atoms with Crippen molar-refractivity contribution in [2.75, 3.05) is 11.9 Å². The molecule has 1 aliphatic heterocycles. The molecule has 26 heavy (non-hydrogen) atoms. The van der Waals surface area contributed by atoms with Crippen LogP contribution in [0.2, 0.25) is 0 Å². The molecule has 2 aromatic carbocycles. The van der Waals surface area contributed by atoms with Crippen molar-refractivity contribution in [2.45, 2.75) is 13.3 Å². The summed E-state index contributed by atoms with van der Waals surface area (Å²) < 4.78 is 0. The molecule has 3 amide bonds. The Hall–Kier alpha value is -3.41. The van der Waals surface area contributed by atoms with E-state index in [0.717, 1.165) is 10.5 Å². The summed E-state index contributed by atoms with van der Waals surface area (Å²) in [5.41, 5.74) is 1.98. The standard InChI is InChI=1S/C20H18N2O4/c1-13(23)21-16-9-7-15(8-10-16)17-18(24)20(26)22(19(17)25)12-11-14-5-3-2-4-6-14/h2-10,24H,11-12H2,1H3,(H,21,23). The Morgan fingerprint density at radius 2 is 1.65 bits per heavy atom. The van der Waals surface area contributed by atoms with Crippen LogP contribution in [0.1, 0.15) is 18.1 Å². The zero-order valence-electron chi connectivity index (χ0n) is 14.2. The van der Waals surface area contributed by atoms with Crippen LogP contribution in [0.15, 0.2) is 60.4 Å². The van der Waals surface area contributed by atoms with Gasteiger partial charge in [0.05, 0.1) is 5.57 Å². The summed E-state index contributed by atoms with van der Waals surface area (Å²) in [5.74, 6) is -1.96. The van der Waals surface area contributed by atoms with E-state index in [2.05, 4.69) is 5.32 Å². The second-order valence-electron chi connectivity index (χ2n) is 5.98. The number of amides is 3.